The quantitative estimate of drug-likeness (QED) is 0.920. The van der Waals surface area contributed by atoms with Gasteiger partial charge in [0, 0.05) is 18.5 Å². The third kappa shape index (κ3) is 3.52. The Bertz CT molecular complexity index is 647. The Morgan fingerprint density at radius 3 is 2.91 bits per heavy atom. The summed E-state index contributed by atoms with van der Waals surface area (Å²) in [6.45, 7) is 2.39. The molecule has 22 heavy (non-hydrogen) atoms. The molecular formula is C14H15N3O4S. The van der Waals surface area contributed by atoms with E-state index in [9.17, 15) is 9.59 Å². The first-order chi connectivity index (χ1) is 10.7. The number of hydrogen-bond donors (Lipinski definition) is 1. The maximum absolute atomic E-state index is 12.1. The monoisotopic (exact) mass is 321 g/mol. The second-order valence-corrected chi connectivity index (χ2v) is 5.60. The van der Waals surface area contributed by atoms with Gasteiger partial charge in [-0.1, -0.05) is 0 Å². The number of nitrogens with zero attached hydrogens (tertiary/aromatic N) is 2. The number of carbonyl (C=O) groups is 2. The van der Waals surface area contributed by atoms with Crippen LogP contribution in [-0.4, -0.2) is 48.0 Å². The molecule has 1 saturated heterocycles. The Morgan fingerprint density at radius 2 is 2.18 bits per heavy atom. The van der Waals surface area contributed by atoms with E-state index in [1.54, 1.807) is 22.4 Å². The van der Waals surface area contributed by atoms with Crippen LogP contribution in [0.4, 0.5) is 5.13 Å². The fourth-order valence-electron chi connectivity index (χ4n) is 2.09. The van der Waals surface area contributed by atoms with Crippen LogP contribution in [0.3, 0.4) is 0 Å². The van der Waals surface area contributed by atoms with Gasteiger partial charge in [0.2, 0.25) is 5.91 Å². The number of rotatable bonds is 4. The Hall–Kier alpha value is -2.19. The molecule has 0 saturated carbocycles. The number of amides is 2. The van der Waals surface area contributed by atoms with Gasteiger partial charge in [-0.3, -0.25) is 14.9 Å². The van der Waals surface area contributed by atoms with Crippen molar-refractivity contribution < 1.29 is 18.7 Å². The highest BCUT2D eigenvalue weighted by molar-refractivity contribution is 7.14. The molecule has 1 fully saturated rings. The van der Waals surface area contributed by atoms with E-state index in [0.29, 0.717) is 37.1 Å². The summed E-state index contributed by atoms with van der Waals surface area (Å²) in [5, 5.41) is 4.87. The molecule has 0 atom stereocenters. The van der Waals surface area contributed by atoms with Crippen molar-refractivity contribution in [1.29, 1.82) is 0 Å². The zero-order chi connectivity index (χ0) is 15.4. The van der Waals surface area contributed by atoms with Crippen LogP contribution >= 0.6 is 11.3 Å². The zero-order valence-electron chi connectivity index (χ0n) is 11.8. The molecule has 0 bridgehead atoms. The fourth-order valence-corrected chi connectivity index (χ4v) is 2.80. The van der Waals surface area contributed by atoms with Gasteiger partial charge in [0.15, 0.2) is 10.9 Å². The van der Waals surface area contributed by atoms with E-state index in [-0.39, 0.29) is 24.0 Å². The molecule has 116 valence electrons. The lowest BCUT2D eigenvalue weighted by atomic mass is 10.3. The van der Waals surface area contributed by atoms with Gasteiger partial charge in [-0.25, -0.2) is 4.98 Å². The van der Waals surface area contributed by atoms with Crippen molar-refractivity contribution in [2.24, 2.45) is 0 Å². The van der Waals surface area contributed by atoms with Gasteiger partial charge < -0.3 is 14.1 Å². The number of furan rings is 1. The minimum atomic E-state index is -0.356. The third-order valence-electron chi connectivity index (χ3n) is 3.21. The molecule has 3 rings (SSSR count). The van der Waals surface area contributed by atoms with E-state index in [2.05, 4.69) is 10.3 Å². The molecule has 8 heteroatoms. The smallest absolute Gasteiger partial charge is 0.293 e. The Morgan fingerprint density at radius 1 is 1.36 bits per heavy atom. The number of thiazole rings is 1. The zero-order valence-corrected chi connectivity index (χ0v) is 12.6. The van der Waals surface area contributed by atoms with Crippen molar-refractivity contribution in [3.8, 4) is 0 Å². The minimum absolute atomic E-state index is 0.0255. The van der Waals surface area contributed by atoms with Crippen molar-refractivity contribution in [3.63, 3.8) is 0 Å². The van der Waals surface area contributed by atoms with Crippen molar-refractivity contribution in [1.82, 2.24) is 9.88 Å². The predicted octanol–water partition coefficient (Wildman–Crippen LogP) is 1.39. The summed E-state index contributed by atoms with van der Waals surface area (Å²) in [5.41, 5.74) is 0.649. The van der Waals surface area contributed by atoms with Crippen molar-refractivity contribution in [2.45, 2.75) is 6.42 Å². The summed E-state index contributed by atoms with van der Waals surface area (Å²) in [4.78, 5) is 30.0. The molecular weight excluding hydrogens is 306 g/mol. The number of nitrogens with one attached hydrogen (secondary N) is 1. The van der Waals surface area contributed by atoms with Gasteiger partial charge >= 0.3 is 0 Å². The van der Waals surface area contributed by atoms with Gasteiger partial charge in [-0.15, -0.1) is 11.3 Å². The van der Waals surface area contributed by atoms with Gasteiger partial charge in [0.25, 0.3) is 5.91 Å². The van der Waals surface area contributed by atoms with Gasteiger partial charge in [0.1, 0.15) is 0 Å². The van der Waals surface area contributed by atoms with Crippen LogP contribution in [0.2, 0.25) is 0 Å². The number of carbonyl (C=O) groups excluding carboxylic acids is 2. The lowest BCUT2D eigenvalue weighted by Crippen LogP contribution is -2.41. The predicted molar refractivity (Wildman–Crippen MR) is 79.9 cm³/mol. The summed E-state index contributed by atoms with van der Waals surface area (Å²) >= 11 is 1.28. The van der Waals surface area contributed by atoms with Crippen LogP contribution in [0.1, 0.15) is 16.2 Å². The second kappa shape index (κ2) is 6.71. The van der Waals surface area contributed by atoms with Crippen molar-refractivity contribution in [3.05, 3.63) is 35.2 Å². The average Bonchev–Trinajstić information content (AvgIpc) is 3.20. The Kier molecular flexibility index (Phi) is 4.50. The van der Waals surface area contributed by atoms with Crippen LogP contribution < -0.4 is 5.32 Å². The first-order valence-corrected chi connectivity index (χ1v) is 7.75. The van der Waals surface area contributed by atoms with Crippen LogP contribution in [0.25, 0.3) is 0 Å². The molecule has 2 aromatic heterocycles. The lowest BCUT2D eigenvalue weighted by molar-refractivity contribution is -0.134. The molecule has 3 heterocycles. The van der Waals surface area contributed by atoms with Crippen LogP contribution in [0.5, 0.6) is 0 Å². The van der Waals surface area contributed by atoms with E-state index in [1.165, 1.54) is 17.6 Å². The molecule has 2 aromatic rings. The van der Waals surface area contributed by atoms with Gasteiger partial charge in [-0.05, 0) is 12.1 Å². The normalized spacial score (nSPS) is 14.8. The summed E-state index contributed by atoms with van der Waals surface area (Å²) in [5.74, 6) is -0.107. The number of aromatic nitrogens is 1. The molecule has 0 spiro atoms. The highest BCUT2D eigenvalue weighted by atomic mass is 32.1. The van der Waals surface area contributed by atoms with E-state index in [0.717, 1.165) is 0 Å². The van der Waals surface area contributed by atoms with Crippen LogP contribution in [0, 0.1) is 0 Å². The van der Waals surface area contributed by atoms with E-state index in [1.807, 2.05) is 0 Å². The van der Waals surface area contributed by atoms with Gasteiger partial charge in [-0.2, -0.15) is 0 Å². The molecule has 1 aliphatic heterocycles. The Balaban J connectivity index is 1.56. The molecule has 0 aliphatic carbocycles. The number of ether oxygens (including phenoxy) is 1. The standard InChI is InChI=1S/C14H15N3O4S/c18-12(17-3-6-20-7-4-17)8-10-9-22-14(15-10)16-13(19)11-2-1-5-21-11/h1-2,5,9H,3-4,6-8H2,(H,15,16,19). The Labute approximate surface area is 130 Å². The SMILES string of the molecule is O=C(Nc1nc(CC(=O)N2CCOCC2)cs1)c1ccco1. The summed E-state index contributed by atoms with van der Waals surface area (Å²) in [6.07, 6.45) is 1.66. The maximum atomic E-state index is 12.1. The van der Waals surface area contributed by atoms with Crippen molar-refractivity contribution in [2.75, 3.05) is 31.6 Å². The molecule has 7 nitrogen and oxygen atoms in total. The summed E-state index contributed by atoms with van der Waals surface area (Å²) < 4.78 is 10.2. The van der Waals surface area contributed by atoms with E-state index >= 15 is 0 Å². The van der Waals surface area contributed by atoms with Crippen molar-refractivity contribution >= 4 is 28.3 Å². The highest BCUT2D eigenvalue weighted by Gasteiger charge is 2.18. The number of hydrogen-bond acceptors (Lipinski definition) is 6. The van der Waals surface area contributed by atoms with Crippen LogP contribution in [0.15, 0.2) is 28.2 Å². The minimum Gasteiger partial charge on any atom is -0.459 e. The molecule has 2 amide bonds. The second-order valence-electron chi connectivity index (χ2n) is 4.75. The summed E-state index contributed by atoms with van der Waals surface area (Å²) in [6, 6.07) is 3.22. The van der Waals surface area contributed by atoms with Gasteiger partial charge in [0.05, 0.1) is 31.6 Å². The fraction of sp³-hybridized carbons (Fsp3) is 0.357. The average molecular weight is 321 g/mol. The molecule has 0 aromatic carbocycles. The maximum Gasteiger partial charge on any atom is 0.293 e. The topological polar surface area (TPSA) is 84.7 Å². The molecule has 0 radical (unpaired) electrons. The summed E-state index contributed by atoms with van der Waals surface area (Å²) in [7, 11) is 0. The largest absolute Gasteiger partial charge is 0.459 e. The number of morpholine rings is 1. The molecule has 1 aliphatic rings. The number of anilines is 1. The molecule has 0 unspecified atom stereocenters. The third-order valence-corrected chi connectivity index (χ3v) is 4.02. The highest BCUT2D eigenvalue weighted by Crippen LogP contribution is 2.17. The van der Waals surface area contributed by atoms with Crippen LogP contribution in [-0.2, 0) is 16.0 Å². The molecule has 1 N–H and O–H groups in total. The first-order valence-electron chi connectivity index (χ1n) is 6.87. The van der Waals surface area contributed by atoms with E-state index < -0.39 is 0 Å². The van der Waals surface area contributed by atoms with E-state index in [4.69, 9.17) is 9.15 Å². The first kappa shape index (κ1) is 14.7. The lowest BCUT2D eigenvalue weighted by Gasteiger charge is -2.26.